The van der Waals surface area contributed by atoms with Crippen molar-refractivity contribution in [2.24, 2.45) is 5.73 Å². The molecule has 0 aliphatic heterocycles. The maximum Gasteiger partial charge on any atom is 0.323 e. The zero-order valence-corrected chi connectivity index (χ0v) is 15.1. The van der Waals surface area contributed by atoms with Crippen LogP contribution in [0.15, 0.2) is 17.0 Å². The highest BCUT2D eigenvalue weighted by Gasteiger charge is 2.22. The van der Waals surface area contributed by atoms with Crippen LogP contribution in [0.4, 0.5) is 5.69 Å². The Hall–Kier alpha value is -1.88. The van der Waals surface area contributed by atoms with Gasteiger partial charge in [-0.15, -0.1) is 0 Å². The maximum absolute atomic E-state index is 11.9. The predicted octanol–water partition coefficient (Wildman–Crippen LogP) is 1.29. The number of halogens is 1. The first-order valence-corrected chi connectivity index (χ1v) is 8.99. The molecular weight excluding hydrogens is 376 g/mol. The minimum Gasteiger partial charge on any atom is -0.504 e. The van der Waals surface area contributed by atoms with E-state index in [1.54, 1.807) is 13.8 Å². The summed E-state index contributed by atoms with van der Waals surface area (Å²) in [5.74, 6) is -2.16. The van der Waals surface area contributed by atoms with Crippen LogP contribution < -0.4 is 11.1 Å². The average molecular weight is 395 g/mol. The van der Waals surface area contributed by atoms with E-state index in [-0.39, 0.29) is 29.7 Å². The molecule has 0 spiro atoms. The van der Waals surface area contributed by atoms with E-state index >= 15 is 0 Å². The van der Waals surface area contributed by atoms with Gasteiger partial charge in [0.05, 0.1) is 11.8 Å². The largest absolute Gasteiger partial charge is 0.504 e. The third kappa shape index (κ3) is 6.50. The molecule has 0 saturated heterocycles. The standard InChI is InChI=1S/C14H19ClN2O7S/c1-7(2)24-14(20)9(16)3-4-12(18)17-10-5-8(15)6-11(13(10)19)25(21,22)23/h5-7,9,19H,3-4,16H2,1-2H3,(H,17,18)(H,21,22,23)/t9-/m0/s1. The number of phenols is 1. The Balaban J connectivity index is 2.78. The number of aromatic hydroxyl groups is 1. The van der Waals surface area contributed by atoms with Crippen LogP contribution in [0.2, 0.25) is 5.02 Å². The van der Waals surface area contributed by atoms with Crippen LogP contribution in [0.1, 0.15) is 26.7 Å². The third-order valence-electron chi connectivity index (χ3n) is 2.93. The molecule has 11 heteroatoms. The van der Waals surface area contributed by atoms with Crippen LogP contribution in [-0.2, 0) is 24.4 Å². The number of carbonyl (C=O) groups is 2. The van der Waals surface area contributed by atoms with Gasteiger partial charge in [0.2, 0.25) is 5.91 Å². The second-order valence-electron chi connectivity index (χ2n) is 5.45. The Morgan fingerprint density at radius 1 is 1.36 bits per heavy atom. The van der Waals surface area contributed by atoms with Crippen LogP contribution in [0.25, 0.3) is 0 Å². The summed E-state index contributed by atoms with van der Waals surface area (Å²) in [7, 11) is -4.73. The molecule has 0 radical (unpaired) electrons. The SMILES string of the molecule is CC(C)OC(=O)[C@@H](N)CCC(=O)Nc1cc(Cl)cc(S(=O)(=O)O)c1O. The predicted molar refractivity (Wildman–Crippen MR) is 90.0 cm³/mol. The first kappa shape index (κ1) is 21.2. The monoisotopic (exact) mass is 394 g/mol. The van der Waals surface area contributed by atoms with Crippen molar-refractivity contribution in [3.63, 3.8) is 0 Å². The van der Waals surface area contributed by atoms with Crippen LogP contribution in [0.5, 0.6) is 5.75 Å². The Morgan fingerprint density at radius 3 is 2.48 bits per heavy atom. The highest BCUT2D eigenvalue weighted by molar-refractivity contribution is 7.86. The molecular formula is C14H19ClN2O7S. The third-order valence-corrected chi connectivity index (χ3v) is 4.01. The van der Waals surface area contributed by atoms with Crippen molar-refractivity contribution in [3.05, 3.63) is 17.2 Å². The molecule has 9 nitrogen and oxygen atoms in total. The summed E-state index contributed by atoms with van der Waals surface area (Å²) < 4.78 is 36.3. The molecule has 140 valence electrons. The smallest absolute Gasteiger partial charge is 0.323 e. The number of carbonyl (C=O) groups excluding carboxylic acids is 2. The highest BCUT2D eigenvalue weighted by Crippen LogP contribution is 2.34. The number of rotatable bonds is 7. The van der Waals surface area contributed by atoms with E-state index in [1.807, 2.05) is 0 Å². The van der Waals surface area contributed by atoms with Crippen molar-refractivity contribution in [2.45, 2.75) is 43.7 Å². The lowest BCUT2D eigenvalue weighted by Gasteiger charge is -2.14. The average Bonchev–Trinajstić information content (AvgIpc) is 2.46. The van der Waals surface area contributed by atoms with Crippen molar-refractivity contribution in [1.29, 1.82) is 0 Å². The Kier molecular flexibility index (Phi) is 7.17. The summed E-state index contributed by atoms with van der Waals surface area (Å²) in [6, 6.07) is 0.936. The fourth-order valence-corrected chi connectivity index (χ4v) is 2.72. The number of phenolic OH excluding ortho intramolecular Hbond substituents is 1. The number of ether oxygens (including phenoxy) is 1. The molecule has 0 aromatic heterocycles. The number of amides is 1. The Bertz CT molecular complexity index is 765. The van der Waals surface area contributed by atoms with Gasteiger partial charge in [0, 0.05) is 11.4 Å². The van der Waals surface area contributed by atoms with Crippen molar-refractivity contribution < 1.29 is 32.4 Å². The molecule has 1 aromatic carbocycles. The Labute approximate surface area is 149 Å². The zero-order valence-electron chi connectivity index (χ0n) is 13.5. The quantitative estimate of drug-likeness (QED) is 0.306. The van der Waals surface area contributed by atoms with Crippen molar-refractivity contribution in [3.8, 4) is 5.75 Å². The number of nitrogens with one attached hydrogen (secondary N) is 1. The van der Waals surface area contributed by atoms with Crippen molar-refractivity contribution in [2.75, 3.05) is 5.32 Å². The minimum absolute atomic E-state index is 0.0239. The molecule has 1 aromatic rings. The van der Waals surface area contributed by atoms with Gasteiger partial charge >= 0.3 is 5.97 Å². The van der Waals surface area contributed by atoms with E-state index in [9.17, 15) is 23.1 Å². The molecule has 0 aliphatic rings. The molecule has 5 N–H and O–H groups in total. The van der Waals surface area contributed by atoms with E-state index in [0.717, 1.165) is 12.1 Å². The van der Waals surface area contributed by atoms with Crippen LogP contribution in [0.3, 0.4) is 0 Å². The Morgan fingerprint density at radius 2 is 1.96 bits per heavy atom. The summed E-state index contributed by atoms with van der Waals surface area (Å²) >= 11 is 5.71. The first-order chi connectivity index (χ1) is 11.4. The fourth-order valence-electron chi connectivity index (χ4n) is 1.80. The molecule has 1 rings (SSSR count). The lowest BCUT2D eigenvalue weighted by Crippen LogP contribution is -2.34. The topological polar surface area (TPSA) is 156 Å². The lowest BCUT2D eigenvalue weighted by atomic mass is 10.1. The van der Waals surface area contributed by atoms with Crippen LogP contribution >= 0.6 is 11.6 Å². The second kappa shape index (κ2) is 8.48. The van der Waals surface area contributed by atoms with Crippen LogP contribution in [0, 0.1) is 0 Å². The van der Waals surface area contributed by atoms with Gasteiger partial charge in [-0.2, -0.15) is 8.42 Å². The molecule has 0 bridgehead atoms. The molecule has 0 unspecified atom stereocenters. The minimum atomic E-state index is -4.73. The fraction of sp³-hybridized carbons (Fsp3) is 0.429. The van der Waals surface area contributed by atoms with Crippen molar-refractivity contribution in [1.82, 2.24) is 0 Å². The lowest BCUT2D eigenvalue weighted by molar-refractivity contribution is -0.149. The molecule has 0 saturated carbocycles. The number of hydrogen-bond acceptors (Lipinski definition) is 7. The summed E-state index contributed by atoms with van der Waals surface area (Å²) in [6.07, 6.45) is -0.555. The molecule has 1 atom stereocenters. The number of nitrogens with two attached hydrogens (primary N) is 1. The molecule has 0 aliphatic carbocycles. The van der Waals surface area contributed by atoms with Gasteiger partial charge in [-0.1, -0.05) is 11.6 Å². The van der Waals surface area contributed by atoms with E-state index in [0.29, 0.717) is 0 Å². The van der Waals surface area contributed by atoms with Gasteiger partial charge in [0.25, 0.3) is 10.1 Å². The number of anilines is 1. The summed E-state index contributed by atoms with van der Waals surface area (Å²) in [5, 5.41) is 12.0. The van der Waals surface area contributed by atoms with Gasteiger partial charge in [0.1, 0.15) is 10.9 Å². The second-order valence-corrected chi connectivity index (χ2v) is 7.28. The van der Waals surface area contributed by atoms with Gasteiger partial charge in [-0.3, -0.25) is 14.1 Å². The summed E-state index contributed by atoms with van der Waals surface area (Å²) in [6.45, 7) is 3.32. The number of hydrogen-bond donors (Lipinski definition) is 4. The molecule has 25 heavy (non-hydrogen) atoms. The van der Waals surface area contributed by atoms with Gasteiger partial charge in [-0.25, -0.2) is 0 Å². The van der Waals surface area contributed by atoms with Gasteiger partial charge in [0.15, 0.2) is 5.75 Å². The number of benzene rings is 1. The molecule has 1 amide bonds. The van der Waals surface area contributed by atoms with Gasteiger partial charge < -0.3 is 20.9 Å². The van der Waals surface area contributed by atoms with Gasteiger partial charge in [-0.05, 0) is 32.4 Å². The van der Waals surface area contributed by atoms with Crippen LogP contribution in [-0.4, -0.2) is 42.1 Å². The summed E-state index contributed by atoms with van der Waals surface area (Å²) in [4.78, 5) is 22.6. The maximum atomic E-state index is 11.9. The van der Waals surface area contributed by atoms with E-state index < -0.39 is 38.7 Å². The first-order valence-electron chi connectivity index (χ1n) is 7.17. The normalized spacial score (nSPS) is 12.7. The van der Waals surface area contributed by atoms with E-state index in [4.69, 9.17) is 26.6 Å². The summed E-state index contributed by atoms with van der Waals surface area (Å²) in [5.41, 5.74) is 5.30. The van der Waals surface area contributed by atoms with E-state index in [1.165, 1.54) is 0 Å². The molecule has 0 heterocycles. The highest BCUT2D eigenvalue weighted by atomic mass is 35.5. The molecule has 0 fully saturated rings. The van der Waals surface area contributed by atoms with E-state index in [2.05, 4.69) is 5.32 Å². The number of esters is 1. The zero-order chi connectivity index (χ0) is 19.4. The van der Waals surface area contributed by atoms with Crippen molar-refractivity contribution >= 4 is 39.3 Å².